The fourth-order valence-corrected chi connectivity index (χ4v) is 2.39. The zero-order valence-corrected chi connectivity index (χ0v) is 10.4. The van der Waals surface area contributed by atoms with Crippen molar-refractivity contribution in [2.45, 2.75) is 0 Å². The molecule has 1 aliphatic rings. The van der Waals surface area contributed by atoms with Gasteiger partial charge in [-0.1, -0.05) is 23.7 Å². The average molecular weight is 273 g/mol. The molecule has 0 fully saturated rings. The molecule has 0 saturated heterocycles. The van der Waals surface area contributed by atoms with Gasteiger partial charge >= 0.3 is 6.03 Å². The van der Waals surface area contributed by atoms with Crippen LogP contribution in [0.15, 0.2) is 29.7 Å². The molecule has 0 aliphatic carbocycles. The molecule has 1 aliphatic heterocycles. The van der Waals surface area contributed by atoms with Gasteiger partial charge in [-0.3, -0.25) is 0 Å². The Morgan fingerprint density at radius 3 is 2.35 bits per heavy atom. The average Bonchev–Trinajstić information content (AvgIpc) is 2.26. The first-order valence-corrected chi connectivity index (χ1v) is 6.56. The van der Waals surface area contributed by atoms with Crippen LogP contribution >= 0.6 is 11.6 Å². The Morgan fingerprint density at radius 1 is 1.24 bits per heavy atom. The first kappa shape index (κ1) is 11.9. The number of sulfonamides is 1. The molecule has 1 aromatic carbocycles. The van der Waals surface area contributed by atoms with Crippen molar-refractivity contribution >= 4 is 33.4 Å². The van der Waals surface area contributed by atoms with Crippen molar-refractivity contribution in [3.8, 4) is 0 Å². The number of halogens is 1. The number of carbonyl (C=O) groups excluding carboxylic acids is 1. The van der Waals surface area contributed by atoms with Crippen molar-refractivity contribution < 1.29 is 13.2 Å². The predicted molar refractivity (Wildman–Crippen MR) is 64.6 cm³/mol. The molecule has 1 aromatic rings. The lowest BCUT2D eigenvalue weighted by Gasteiger charge is -2.23. The lowest BCUT2D eigenvalue weighted by molar-refractivity contribution is 0.232. The number of benzene rings is 1. The van der Waals surface area contributed by atoms with Gasteiger partial charge in [-0.25, -0.2) is 17.5 Å². The van der Waals surface area contributed by atoms with Gasteiger partial charge in [0.1, 0.15) is 0 Å². The molecule has 90 valence electrons. The van der Waals surface area contributed by atoms with Crippen molar-refractivity contribution in [2.75, 3.05) is 7.05 Å². The summed E-state index contributed by atoms with van der Waals surface area (Å²) < 4.78 is 23.9. The van der Waals surface area contributed by atoms with Crippen molar-refractivity contribution in [3.63, 3.8) is 0 Å². The summed E-state index contributed by atoms with van der Waals surface area (Å²) in [5.74, 6) is 0. The van der Waals surface area contributed by atoms with E-state index in [1.54, 1.807) is 24.3 Å². The smallest absolute Gasteiger partial charge is 0.306 e. The van der Waals surface area contributed by atoms with E-state index in [-0.39, 0.29) is 5.70 Å². The van der Waals surface area contributed by atoms with Crippen LogP contribution < -0.4 is 5.32 Å². The van der Waals surface area contributed by atoms with Crippen LogP contribution in [0.4, 0.5) is 4.79 Å². The zero-order valence-electron chi connectivity index (χ0n) is 8.84. The van der Waals surface area contributed by atoms with Gasteiger partial charge in [-0.15, -0.1) is 0 Å². The minimum absolute atomic E-state index is 0.241. The van der Waals surface area contributed by atoms with Gasteiger partial charge < -0.3 is 5.32 Å². The fourth-order valence-electron chi connectivity index (χ4n) is 1.34. The second-order valence-corrected chi connectivity index (χ2v) is 5.73. The van der Waals surface area contributed by atoms with Crippen molar-refractivity contribution in [1.82, 2.24) is 9.62 Å². The molecule has 0 spiro atoms. The molecule has 7 heteroatoms. The molecule has 0 aromatic heterocycles. The molecule has 5 nitrogen and oxygen atoms in total. The van der Waals surface area contributed by atoms with Crippen LogP contribution in [-0.4, -0.2) is 25.8 Å². The summed E-state index contributed by atoms with van der Waals surface area (Å²) in [6.45, 7) is 0. The number of hydrogen-bond acceptors (Lipinski definition) is 3. The van der Waals surface area contributed by atoms with E-state index >= 15 is 0 Å². The van der Waals surface area contributed by atoms with Crippen molar-refractivity contribution in [2.24, 2.45) is 0 Å². The minimum Gasteiger partial charge on any atom is -0.306 e. The summed E-state index contributed by atoms with van der Waals surface area (Å²) in [5.41, 5.74) is 0.823. The third kappa shape index (κ3) is 2.27. The maximum Gasteiger partial charge on any atom is 0.335 e. The van der Waals surface area contributed by atoms with Crippen LogP contribution in [-0.2, 0) is 10.0 Å². The van der Waals surface area contributed by atoms with Crippen LogP contribution in [0.25, 0.3) is 5.70 Å². The first-order valence-electron chi connectivity index (χ1n) is 4.68. The normalized spacial score (nSPS) is 18.6. The van der Waals surface area contributed by atoms with Crippen molar-refractivity contribution in [1.29, 1.82) is 0 Å². The minimum atomic E-state index is -3.69. The van der Waals surface area contributed by atoms with Gasteiger partial charge in [-0.05, 0) is 17.7 Å². The van der Waals surface area contributed by atoms with E-state index in [0.717, 1.165) is 5.41 Å². The molecule has 0 bridgehead atoms. The molecule has 17 heavy (non-hydrogen) atoms. The molecular weight excluding hydrogens is 264 g/mol. The second kappa shape index (κ2) is 4.05. The molecule has 2 amide bonds. The number of urea groups is 1. The quantitative estimate of drug-likeness (QED) is 0.845. The number of hydrogen-bond donors (Lipinski definition) is 1. The van der Waals surface area contributed by atoms with E-state index in [1.807, 2.05) is 0 Å². The summed E-state index contributed by atoms with van der Waals surface area (Å²) in [6.07, 6.45) is 0. The Balaban J connectivity index is 2.47. The SMILES string of the molecule is CN1C(=O)NC(c2ccc(Cl)cc2)=CS1(=O)=O. The highest BCUT2D eigenvalue weighted by Gasteiger charge is 2.28. The van der Waals surface area contributed by atoms with Gasteiger partial charge in [0.2, 0.25) is 0 Å². The number of nitrogens with zero attached hydrogens (tertiary/aromatic N) is 1. The third-order valence-corrected chi connectivity index (χ3v) is 4.05. The lowest BCUT2D eigenvalue weighted by atomic mass is 10.2. The Bertz CT molecular complexity index is 592. The summed E-state index contributed by atoms with van der Waals surface area (Å²) in [7, 11) is -2.50. The predicted octanol–water partition coefficient (Wildman–Crippen LogP) is 1.62. The summed E-state index contributed by atoms with van der Waals surface area (Å²) >= 11 is 5.73. The van der Waals surface area contributed by atoms with Gasteiger partial charge in [-0.2, -0.15) is 0 Å². The highest BCUT2D eigenvalue weighted by atomic mass is 35.5. The van der Waals surface area contributed by atoms with E-state index in [2.05, 4.69) is 5.32 Å². The maximum atomic E-state index is 11.6. The maximum absolute atomic E-state index is 11.6. The van der Waals surface area contributed by atoms with Crippen LogP contribution in [0.3, 0.4) is 0 Å². The van der Waals surface area contributed by atoms with E-state index in [4.69, 9.17) is 11.6 Å². The first-order chi connectivity index (χ1) is 7.90. The van der Waals surface area contributed by atoms with E-state index in [0.29, 0.717) is 14.9 Å². The molecule has 0 atom stereocenters. The highest BCUT2D eigenvalue weighted by molar-refractivity contribution is 7.92. The molecule has 0 radical (unpaired) electrons. The lowest BCUT2D eigenvalue weighted by Crippen LogP contribution is -2.43. The number of nitrogens with one attached hydrogen (secondary N) is 1. The van der Waals surface area contributed by atoms with Crippen LogP contribution in [0.1, 0.15) is 5.56 Å². The van der Waals surface area contributed by atoms with Gasteiger partial charge in [0.25, 0.3) is 10.0 Å². The fraction of sp³-hybridized carbons (Fsp3) is 0.100. The van der Waals surface area contributed by atoms with Crippen LogP contribution in [0, 0.1) is 0 Å². The Hall–Kier alpha value is -1.53. The molecule has 0 unspecified atom stereocenters. The Kier molecular flexibility index (Phi) is 2.84. The summed E-state index contributed by atoms with van der Waals surface area (Å²) in [6, 6.07) is 5.83. The number of rotatable bonds is 1. The second-order valence-electron chi connectivity index (χ2n) is 3.48. The summed E-state index contributed by atoms with van der Waals surface area (Å²) in [5, 5.41) is 4.03. The van der Waals surface area contributed by atoms with E-state index < -0.39 is 16.1 Å². The third-order valence-electron chi connectivity index (χ3n) is 2.33. The van der Waals surface area contributed by atoms with Crippen LogP contribution in [0.5, 0.6) is 0 Å². The molecular formula is C10H9ClN2O3S. The van der Waals surface area contributed by atoms with E-state index in [9.17, 15) is 13.2 Å². The monoisotopic (exact) mass is 272 g/mol. The molecule has 2 rings (SSSR count). The topological polar surface area (TPSA) is 66.5 Å². The zero-order chi connectivity index (χ0) is 12.6. The van der Waals surface area contributed by atoms with E-state index in [1.165, 1.54) is 7.05 Å². The largest absolute Gasteiger partial charge is 0.335 e. The van der Waals surface area contributed by atoms with Gasteiger partial charge in [0.15, 0.2) is 0 Å². The van der Waals surface area contributed by atoms with Crippen molar-refractivity contribution in [3.05, 3.63) is 40.3 Å². The highest BCUT2D eigenvalue weighted by Crippen LogP contribution is 2.20. The van der Waals surface area contributed by atoms with Gasteiger partial charge in [0.05, 0.1) is 11.1 Å². The number of carbonyl (C=O) groups is 1. The molecule has 1 N–H and O–H groups in total. The number of amides is 2. The Morgan fingerprint density at radius 2 is 1.82 bits per heavy atom. The standard InChI is InChI=1S/C10H9ClN2O3S/c1-13-10(14)12-9(6-17(13,15)16)7-2-4-8(11)5-3-7/h2-6H,1H3,(H,12,14). The summed E-state index contributed by atoms with van der Waals surface area (Å²) in [4.78, 5) is 11.4. The molecule has 1 heterocycles. The van der Waals surface area contributed by atoms with Crippen LogP contribution in [0.2, 0.25) is 5.02 Å². The Labute approximate surface area is 104 Å². The van der Waals surface area contributed by atoms with Gasteiger partial charge in [0, 0.05) is 12.1 Å². The molecule has 0 saturated carbocycles.